The molecule has 4 nitrogen and oxygen atoms in total. The Balaban J connectivity index is 2.18. The highest BCUT2D eigenvalue weighted by Crippen LogP contribution is 2.45. The number of hydrogen-bond donors (Lipinski definition) is 0. The highest BCUT2D eigenvalue weighted by molar-refractivity contribution is 5.13. The third-order valence-electron chi connectivity index (χ3n) is 2.81. The van der Waals surface area contributed by atoms with Crippen molar-refractivity contribution in [1.29, 1.82) is 0 Å². The molecule has 15 heavy (non-hydrogen) atoms. The molecule has 1 heterocycles. The molecular formula is C11H16N2O2. The summed E-state index contributed by atoms with van der Waals surface area (Å²) in [4.78, 5) is 8.75. The fraction of sp³-hybridized carbons (Fsp3) is 0.636. The maximum Gasteiger partial charge on any atom is 0.200 e. The molecule has 0 spiro atoms. The molecule has 0 aromatic carbocycles. The number of rotatable bonds is 4. The SMILES string of the molecule is COC(OC)c1ccnc(C2CC2C)n1. The van der Waals surface area contributed by atoms with Gasteiger partial charge in [0.15, 0.2) is 0 Å². The lowest BCUT2D eigenvalue weighted by Gasteiger charge is -2.12. The van der Waals surface area contributed by atoms with Crippen LogP contribution in [0.3, 0.4) is 0 Å². The zero-order valence-electron chi connectivity index (χ0n) is 9.30. The minimum atomic E-state index is -0.388. The third-order valence-corrected chi connectivity index (χ3v) is 2.81. The minimum Gasteiger partial charge on any atom is -0.350 e. The summed E-state index contributed by atoms with van der Waals surface area (Å²) in [5.74, 6) is 2.15. The first-order valence-corrected chi connectivity index (χ1v) is 5.14. The molecule has 1 fully saturated rings. The van der Waals surface area contributed by atoms with E-state index < -0.39 is 0 Å². The third kappa shape index (κ3) is 2.16. The highest BCUT2D eigenvalue weighted by atomic mass is 16.7. The topological polar surface area (TPSA) is 44.2 Å². The molecule has 2 atom stereocenters. The predicted molar refractivity (Wildman–Crippen MR) is 55.3 cm³/mol. The van der Waals surface area contributed by atoms with Crippen molar-refractivity contribution in [3.05, 3.63) is 23.8 Å². The van der Waals surface area contributed by atoms with Crippen LogP contribution >= 0.6 is 0 Å². The number of hydrogen-bond acceptors (Lipinski definition) is 4. The van der Waals surface area contributed by atoms with E-state index in [1.165, 1.54) is 6.42 Å². The van der Waals surface area contributed by atoms with E-state index in [2.05, 4.69) is 16.9 Å². The van der Waals surface area contributed by atoms with E-state index in [9.17, 15) is 0 Å². The van der Waals surface area contributed by atoms with E-state index in [0.29, 0.717) is 11.8 Å². The van der Waals surface area contributed by atoms with Crippen LogP contribution in [0.2, 0.25) is 0 Å². The summed E-state index contributed by atoms with van der Waals surface area (Å²) in [6.07, 6.45) is 2.57. The Labute approximate surface area is 89.6 Å². The fourth-order valence-corrected chi connectivity index (χ4v) is 1.72. The van der Waals surface area contributed by atoms with Gasteiger partial charge >= 0.3 is 0 Å². The Morgan fingerprint density at radius 1 is 1.40 bits per heavy atom. The first-order chi connectivity index (χ1) is 7.26. The van der Waals surface area contributed by atoms with E-state index >= 15 is 0 Å². The largest absolute Gasteiger partial charge is 0.350 e. The van der Waals surface area contributed by atoms with Gasteiger partial charge in [0.2, 0.25) is 6.29 Å². The quantitative estimate of drug-likeness (QED) is 0.709. The van der Waals surface area contributed by atoms with E-state index in [4.69, 9.17) is 9.47 Å². The highest BCUT2D eigenvalue weighted by Gasteiger charge is 2.36. The smallest absolute Gasteiger partial charge is 0.200 e. The summed E-state index contributed by atoms with van der Waals surface area (Å²) in [6, 6.07) is 1.83. The molecule has 1 aliphatic rings. The molecule has 0 bridgehead atoms. The van der Waals surface area contributed by atoms with Crippen molar-refractivity contribution in [1.82, 2.24) is 9.97 Å². The van der Waals surface area contributed by atoms with Crippen molar-refractivity contribution in [3.8, 4) is 0 Å². The lowest BCUT2D eigenvalue weighted by atomic mass is 10.3. The van der Waals surface area contributed by atoms with Gasteiger partial charge in [-0.2, -0.15) is 0 Å². The van der Waals surface area contributed by atoms with Gasteiger partial charge in [-0.15, -0.1) is 0 Å². The maximum atomic E-state index is 5.15. The van der Waals surface area contributed by atoms with Crippen molar-refractivity contribution in [2.24, 2.45) is 5.92 Å². The average Bonchev–Trinajstić information content (AvgIpc) is 2.98. The number of methoxy groups -OCH3 is 2. The van der Waals surface area contributed by atoms with Crippen LogP contribution in [0, 0.1) is 5.92 Å². The maximum absolute atomic E-state index is 5.15. The standard InChI is InChI=1S/C11H16N2O2/c1-7-6-8(7)10-12-5-4-9(13-10)11(14-2)15-3/h4-5,7-8,11H,6H2,1-3H3. The van der Waals surface area contributed by atoms with E-state index in [0.717, 1.165) is 11.5 Å². The summed E-state index contributed by atoms with van der Waals surface area (Å²) in [6.45, 7) is 2.21. The monoisotopic (exact) mass is 208 g/mol. The van der Waals surface area contributed by atoms with Crippen LogP contribution in [0.1, 0.15) is 37.1 Å². The van der Waals surface area contributed by atoms with E-state index in [-0.39, 0.29) is 6.29 Å². The lowest BCUT2D eigenvalue weighted by molar-refractivity contribution is -0.108. The Hall–Kier alpha value is -1.00. The molecule has 0 aliphatic heterocycles. The van der Waals surface area contributed by atoms with Gasteiger partial charge < -0.3 is 9.47 Å². The van der Waals surface area contributed by atoms with Crippen LogP contribution in [0.25, 0.3) is 0 Å². The number of aromatic nitrogens is 2. The molecule has 0 radical (unpaired) electrons. The summed E-state index contributed by atoms with van der Waals surface area (Å²) in [7, 11) is 3.21. The molecule has 1 aromatic heterocycles. The predicted octanol–water partition coefficient (Wildman–Crippen LogP) is 1.89. The van der Waals surface area contributed by atoms with Crippen LogP contribution in [-0.2, 0) is 9.47 Å². The molecule has 1 aliphatic carbocycles. The van der Waals surface area contributed by atoms with Crippen LogP contribution in [0.5, 0.6) is 0 Å². The first kappa shape index (κ1) is 10.5. The molecule has 82 valence electrons. The first-order valence-electron chi connectivity index (χ1n) is 5.14. The van der Waals surface area contributed by atoms with Gasteiger partial charge in [-0.25, -0.2) is 9.97 Å². The average molecular weight is 208 g/mol. The Morgan fingerprint density at radius 2 is 2.07 bits per heavy atom. The molecule has 2 rings (SSSR count). The normalized spacial score (nSPS) is 24.5. The molecular weight excluding hydrogens is 192 g/mol. The van der Waals surface area contributed by atoms with Crippen LogP contribution < -0.4 is 0 Å². The van der Waals surface area contributed by atoms with Gasteiger partial charge in [-0.1, -0.05) is 6.92 Å². The molecule has 0 amide bonds. The van der Waals surface area contributed by atoms with Crippen molar-refractivity contribution in [2.45, 2.75) is 25.6 Å². The van der Waals surface area contributed by atoms with Crippen molar-refractivity contribution >= 4 is 0 Å². The minimum absolute atomic E-state index is 0.388. The second-order valence-electron chi connectivity index (χ2n) is 3.96. The van der Waals surface area contributed by atoms with Gasteiger partial charge in [0.05, 0.1) is 5.69 Å². The van der Waals surface area contributed by atoms with Gasteiger partial charge in [-0.05, 0) is 18.4 Å². The van der Waals surface area contributed by atoms with Crippen molar-refractivity contribution in [3.63, 3.8) is 0 Å². The van der Waals surface area contributed by atoms with Crippen LogP contribution in [-0.4, -0.2) is 24.2 Å². The summed E-state index contributed by atoms with van der Waals surface area (Å²) in [5, 5.41) is 0. The summed E-state index contributed by atoms with van der Waals surface area (Å²) in [5.41, 5.74) is 0.795. The van der Waals surface area contributed by atoms with Crippen molar-refractivity contribution < 1.29 is 9.47 Å². The molecule has 1 aromatic rings. The zero-order chi connectivity index (χ0) is 10.8. The number of nitrogens with zero attached hydrogens (tertiary/aromatic N) is 2. The van der Waals surface area contributed by atoms with Crippen LogP contribution in [0.4, 0.5) is 0 Å². The lowest BCUT2D eigenvalue weighted by Crippen LogP contribution is -2.08. The molecule has 2 unspecified atom stereocenters. The molecule has 0 saturated heterocycles. The van der Waals surface area contributed by atoms with E-state index in [1.54, 1.807) is 20.4 Å². The number of ether oxygens (including phenoxy) is 2. The summed E-state index contributed by atoms with van der Waals surface area (Å²) >= 11 is 0. The second-order valence-corrected chi connectivity index (χ2v) is 3.96. The van der Waals surface area contributed by atoms with Gasteiger partial charge in [0.1, 0.15) is 5.82 Å². The fourth-order valence-electron chi connectivity index (χ4n) is 1.72. The zero-order valence-corrected chi connectivity index (χ0v) is 9.30. The second kappa shape index (κ2) is 4.24. The van der Waals surface area contributed by atoms with E-state index in [1.807, 2.05) is 6.07 Å². The van der Waals surface area contributed by atoms with Gasteiger partial charge in [0, 0.05) is 26.3 Å². The Morgan fingerprint density at radius 3 is 2.60 bits per heavy atom. The Kier molecular flexibility index (Phi) is 2.98. The van der Waals surface area contributed by atoms with Gasteiger partial charge in [0.25, 0.3) is 0 Å². The van der Waals surface area contributed by atoms with Crippen molar-refractivity contribution in [2.75, 3.05) is 14.2 Å². The molecule has 1 saturated carbocycles. The van der Waals surface area contributed by atoms with Crippen LogP contribution in [0.15, 0.2) is 12.3 Å². The molecule has 0 N–H and O–H groups in total. The van der Waals surface area contributed by atoms with Gasteiger partial charge in [-0.3, -0.25) is 0 Å². The summed E-state index contributed by atoms with van der Waals surface area (Å²) < 4.78 is 10.3. The molecule has 4 heteroatoms. The Bertz CT molecular complexity index is 339.